The summed E-state index contributed by atoms with van der Waals surface area (Å²) in [5, 5.41) is 9.87. The Balaban J connectivity index is 1.62. The van der Waals surface area contributed by atoms with Gasteiger partial charge in [-0.25, -0.2) is 0 Å². The summed E-state index contributed by atoms with van der Waals surface area (Å²) in [4.78, 5) is 0. The Bertz CT molecular complexity index is 524. The molecule has 1 aliphatic rings. The van der Waals surface area contributed by atoms with Gasteiger partial charge in [-0.3, -0.25) is 0 Å². The van der Waals surface area contributed by atoms with Crippen molar-refractivity contribution in [1.29, 1.82) is 0 Å². The fourth-order valence-corrected chi connectivity index (χ4v) is 2.95. The van der Waals surface area contributed by atoms with E-state index in [1.807, 2.05) is 0 Å². The maximum absolute atomic E-state index is 3.67. The van der Waals surface area contributed by atoms with Crippen LogP contribution in [0, 0.1) is 0 Å². The summed E-state index contributed by atoms with van der Waals surface area (Å²) in [6.07, 6.45) is 3.71. The van der Waals surface area contributed by atoms with Crippen LogP contribution in [0.2, 0.25) is 0 Å². The second-order valence-electron chi connectivity index (χ2n) is 5.39. The molecule has 0 aromatic heterocycles. The molecule has 0 spiro atoms. The number of nitrogens with one attached hydrogen (secondary N) is 2. The highest BCUT2D eigenvalue weighted by Gasteiger charge is 2.11. The summed E-state index contributed by atoms with van der Waals surface area (Å²) in [6.45, 7) is 3.37. The lowest BCUT2D eigenvalue weighted by Crippen LogP contribution is -2.43. The monoisotopic (exact) mass is 254 g/mol. The van der Waals surface area contributed by atoms with E-state index in [0.717, 1.165) is 19.5 Å². The number of hydrogen-bond acceptors (Lipinski definition) is 2. The highest BCUT2D eigenvalue weighted by atomic mass is 15.0. The fraction of sp³-hybridized carbons (Fsp3) is 0.412. The molecule has 2 aromatic carbocycles. The van der Waals surface area contributed by atoms with Gasteiger partial charge in [0.15, 0.2) is 0 Å². The summed E-state index contributed by atoms with van der Waals surface area (Å²) in [6, 6.07) is 15.9. The number of hydrogen-bond donors (Lipinski definition) is 2. The van der Waals surface area contributed by atoms with E-state index < -0.39 is 0 Å². The Hall–Kier alpha value is -1.38. The van der Waals surface area contributed by atoms with E-state index in [0.29, 0.717) is 6.04 Å². The Morgan fingerprint density at radius 3 is 2.89 bits per heavy atom. The molecule has 0 bridgehead atoms. The zero-order chi connectivity index (χ0) is 12.9. The third-order valence-electron chi connectivity index (χ3n) is 4.00. The third kappa shape index (κ3) is 3.14. The van der Waals surface area contributed by atoms with Gasteiger partial charge < -0.3 is 10.6 Å². The van der Waals surface area contributed by atoms with E-state index in [1.165, 1.54) is 35.7 Å². The van der Waals surface area contributed by atoms with Gasteiger partial charge in [0.05, 0.1) is 0 Å². The molecule has 100 valence electrons. The van der Waals surface area contributed by atoms with Gasteiger partial charge in [-0.1, -0.05) is 42.5 Å². The first-order chi connectivity index (χ1) is 9.43. The first-order valence-electron chi connectivity index (χ1n) is 7.34. The van der Waals surface area contributed by atoms with Crippen molar-refractivity contribution < 1.29 is 0 Å². The molecule has 2 heteroatoms. The quantitative estimate of drug-likeness (QED) is 0.876. The van der Waals surface area contributed by atoms with Gasteiger partial charge in [0, 0.05) is 12.6 Å². The molecular weight excluding hydrogens is 232 g/mol. The minimum absolute atomic E-state index is 0.656. The van der Waals surface area contributed by atoms with Crippen LogP contribution in [0.3, 0.4) is 0 Å². The maximum Gasteiger partial charge on any atom is 0.0193 e. The van der Waals surface area contributed by atoms with Gasteiger partial charge >= 0.3 is 0 Å². The average molecular weight is 254 g/mol. The van der Waals surface area contributed by atoms with Crippen molar-refractivity contribution >= 4 is 10.8 Å². The second kappa shape index (κ2) is 6.18. The minimum Gasteiger partial charge on any atom is -0.315 e. The SMILES string of the molecule is c1ccc2c(CCNC3CCCNC3)cccc2c1. The van der Waals surface area contributed by atoms with Crippen LogP contribution >= 0.6 is 0 Å². The molecule has 3 rings (SSSR count). The number of fused-ring (bicyclic) bond motifs is 1. The molecule has 2 N–H and O–H groups in total. The first-order valence-corrected chi connectivity index (χ1v) is 7.34. The van der Waals surface area contributed by atoms with E-state index >= 15 is 0 Å². The van der Waals surface area contributed by atoms with Gasteiger partial charge in [0.1, 0.15) is 0 Å². The lowest BCUT2D eigenvalue weighted by molar-refractivity contribution is 0.392. The third-order valence-corrected chi connectivity index (χ3v) is 4.00. The van der Waals surface area contributed by atoms with Gasteiger partial charge in [0.2, 0.25) is 0 Å². The number of piperidine rings is 1. The summed E-state index contributed by atoms with van der Waals surface area (Å²) < 4.78 is 0. The molecule has 1 fully saturated rings. The largest absolute Gasteiger partial charge is 0.315 e. The molecule has 1 saturated heterocycles. The minimum atomic E-state index is 0.656. The van der Waals surface area contributed by atoms with Crippen molar-refractivity contribution in [2.24, 2.45) is 0 Å². The van der Waals surface area contributed by atoms with E-state index in [1.54, 1.807) is 0 Å². The lowest BCUT2D eigenvalue weighted by Gasteiger charge is -2.24. The van der Waals surface area contributed by atoms with E-state index in [-0.39, 0.29) is 0 Å². The first kappa shape index (κ1) is 12.6. The normalized spacial score (nSPS) is 19.7. The van der Waals surface area contributed by atoms with Gasteiger partial charge in [0.25, 0.3) is 0 Å². The average Bonchev–Trinajstić information content (AvgIpc) is 2.49. The van der Waals surface area contributed by atoms with E-state index in [2.05, 4.69) is 53.1 Å². The van der Waals surface area contributed by atoms with Crippen LogP contribution in [0.25, 0.3) is 10.8 Å². The Kier molecular flexibility index (Phi) is 4.11. The molecule has 1 aliphatic heterocycles. The van der Waals surface area contributed by atoms with Crippen molar-refractivity contribution in [2.75, 3.05) is 19.6 Å². The summed E-state index contributed by atoms with van der Waals surface area (Å²) >= 11 is 0. The molecule has 2 nitrogen and oxygen atoms in total. The van der Waals surface area contributed by atoms with Gasteiger partial charge in [-0.15, -0.1) is 0 Å². The summed E-state index contributed by atoms with van der Waals surface area (Å²) in [7, 11) is 0. The molecule has 1 heterocycles. The van der Waals surface area contributed by atoms with Crippen molar-refractivity contribution in [2.45, 2.75) is 25.3 Å². The van der Waals surface area contributed by atoms with Crippen LogP contribution in [0.15, 0.2) is 42.5 Å². The predicted molar refractivity (Wildman–Crippen MR) is 81.5 cm³/mol. The number of benzene rings is 2. The molecule has 0 amide bonds. The van der Waals surface area contributed by atoms with Gasteiger partial charge in [-0.2, -0.15) is 0 Å². The fourth-order valence-electron chi connectivity index (χ4n) is 2.95. The molecule has 1 atom stereocenters. The molecule has 2 aromatic rings. The smallest absolute Gasteiger partial charge is 0.0193 e. The van der Waals surface area contributed by atoms with Crippen molar-refractivity contribution in [3.05, 3.63) is 48.0 Å². The molecule has 1 unspecified atom stereocenters. The molecule has 19 heavy (non-hydrogen) atoms. The van der Waals surface area contributed by atoms with Crippen LogP contribution in [0.5, 0.6) is 0 Å². The highest BCUT2D eigenvalue weighted by Crippen LogP contribution is 2.18. The summed E-state index contributed by atoms with van der Waals surface area (Å²) in [5.41, 5.74) is 1.45. The predicted octanol–water partition coefficient (Wildman–Crippen LogP) is 2.72. The molecular formula is C17H22N2. The van der Waals surface area contributed by atoms with Crippen LogP contribution < -0.4 is 10.6 Å². The summed E-state index contributed by atoms with van der Waals surface area (Å²) in [5.74, 6) is 0. The maximum atomic E-state index is 3.67. The zero-order valence-electron chi connectivity index (χ0n) is 11.4. The van der Waals surface area contributed by atoms with E-state index in [4.69, 9.17) is 0 Å². The van der Waals surface area contributed by atoms with Gasteiger partial charge in [-0.05, 0) is 48.7 Å². The van der Waals surface area contributed by atoms with Crippen molar-refractivity contribution in [3.63, 3.8) is 0 Å². The molecule has 0 aliphatic carbocycles. The Morgan fingerprint density at radius 1 is 1.11 bits per heavy atom. The Morgan fingerprint density at radius 2 is 2.00 bits per heavy atom. The molecule has 0 radical (unpaired) electrons. The molecule has 0 saturated carbocycles. The highest BCUT2D eigenvalue weighted by molar-refractivity contribution is 5.85. The van der Waals surface area contributed by atoms with Crippen LogP contribution in [0.4, 0.5) is 0 Å². The Labute approximate surface area is 115 Å². The standard InChI is InChI=1S/C17H22N2/c1-2-9-17-14(5-1)6-3-7-15(17)10-12-19-16-8-4-11-18-13-16/h1-3,5-7,9,16,18-19H,4,8,10-13H2. The second-order valence-corrected chi connectivity index (χ2v) is 5.39. The lowest BCUT2D eigenvalue weighted by atomic mass is 10.0. The van der Waals surface area contributed by atoms with Crippen LogP contribution in [0.1, 0.15) is 18.4 Å². The van der Waals surface area contributed by atoms with Crippen LogP contribution in [-0.4, -0.2) is 25.7 Å². The zero-order valence-corrected chi connectivity index (χ0v) is 11.4. The van der Waals surface area contributed by atoms with Crippen LogP contribution in [-0.2, 0) is 6.42 Å². The topological polar surface area (TPSA) is 24.1 Å². The van der Waals surface area contributed by atoms with Crippen molar-refractivity contribution in [3.8, 4) is 0 Å². The number of rotatable bonds is 4. The van der Waals surface area contributed by atoms with Crippen molar-refractivity contribution in [1.82, 2.24) is 10.6 Å². The van der Waals surface area contributed by atoms with E-state index in [9.17, 15) is 0 Å².